The molecule has 0 saturated carbocycles. The second-order valence-electron chi connectivity index (χ2n) is 4.98. The van der Waals surface area contributed by atoms with Crippen LogP contribution in [0.25, 0.3) is 0 Å². The molecule has 0 fully saturated rings. The van der Waals surface area contributed by atoms with Gasteiger partial charge in [-0.1, -0.05) is 18.2 Å². The summed E-state index contributed by atoms with van der Waals surface area (Å²) >= 11 is 0. The van der Waals surface area contributed by atoms with E-state index >= 15 is 0 Å². The van der Waals surface area contributed by atoms with Crippen molar-refractivity contribution in [1.82, 2.24) is 10.4 Å². The summed E-state index contributed by atoms with van der Waals surface area (Å²) in [6, 6.07) is 7.57. The molecule has 0 bridgehead atoms. The highest BCUT2D eigenvalue weighted by Gasteiger charge is 2.33. The average molecular weight is 275 g/mol. The van der Waals surface area contributed by atoms with Gasteiger partial charge in [0.25, 0.3) is 0 Å². The summed E-state index contributed by atoms with van der Waals surface area (Å²) in [5.74, 6) is 3.84. The van der Waals surface area contributed by atoms with E-state index in [-0.39, 0.29) is 11.5 Å². The first kappa shape index (κ1) is 13.1. The van der Waals surface area contributed by atoms with Gasteiger partial charge in [-0.05, 0) is 30.5 Å². The molecule has 0 radical (unpaired) electrons. The van der Waals surface area contributed by atoms with Gasteiger partial charge in [0.05, 0.1) is 6.04 Å². The third kappa shape index (κ3) is 2.09. The number of fused-ring (bicyclic) bond motifs is 1. The van der Waals surface area contributed by atoms with Crippen molar-refractivity contribution in [2.75, 3.05) is 0 Å². The second kappa shape index (κ2) is 5.26. The van der Waals surface area contributed by atoms with E-state index in [0.717, 1.165) is 30.2 Å². The van der Waals surface area contributed by atoms with Crippen molar-refractivity contribution in [3.63, 3.8) is 0 Å². The van der Waals surface area contributed by atoms with Crippen LogP contribution in [0.15, 0.2) is 36.5 Å². The molecule has 1 aliphatic carbocycles. The zero-order valence-corrected chi connectivity index (χ0v) is 10.8. The van der Waals surface area contributed by atoms with Crippen molar-refractivity contribution in [1.29, 1.82) is 0 Å². The number of hydrazine groups is 1. The van der Waals surface area contributed by atoms with Crippen molar-refractivity contribution in [2.45, 2.75) is 24.8 Å². The number of rotatable bonds is 3. The molecule has 1 aliphatic rings. The fourth-order valence-electron chi connectivity index (χ4n) is 2.95. The molecule has 1 aromatic carbocycles. The van der Waals surface area contributed by atoms with E-state index in [1.165, 1.54) is 6.07 Å². The number of aryl methyl sites for hydroxylation is 1. The van der Waals surface area contributed by atoms with E-state index in [4.69, 9.17) is 5.84 Å². The number of nitrogens with one attached hydrogen (secondary N) is 1. The van der Waals surface area contributed by atoms with Crippen molar-refractivity contribution in [3.8, 4) is 0 Å². The quantitative estimate of drug-likeness (QED) is 0.668. The zero-order chi connectivity index (χ0) is 14.1. The topological polar surface area (TPSA) is 50.9 Å². The molecule has 5 heteroatoms. The van der Waals surface area contributed by atoms with Gasteiger partial charge in [0, 0.05) is 23.4 Å². The largest absolute Gasteiger partial charge is 0.271 e. The lowest BCUT2D eigenvalue weighted by Gasteiger charge is -2.24. The van der Waals surface area contributed by atoms with Crippen LogP contribution in [0.3, 0.4) is 0 Å². The number of nitrogens with two attached hydrogens (primary N) is 1. The lowest BCUT2D eigenvalue weighted by atomic mass is 9.91. The number of hydrogen-bond acceptors (Lipinski definition) is 3. The van der Waals surface area contributed by atoms with Gasteiger partial charge in [0.2, 0.25) is 0 Å². The predicted octanol–water partition coefficient (Wildman–Crippen LogP) is 2.59. The van der Waals surface area contributed by atoms with Crippen molar-refractivity contribution < 1.29 is 8.78 Å². The standard InChI is InChI=1S/C15H15F2N3/c16-12-5-1-4-10(13(12)17)15(20-18)11-7-6-9-3-2-8-19-14(9)11/h1-5,8,11,15,20H,6-7,18H2. The Bertz CT molecular complexity index is 630. The van der Waals surface area contributed by atoms with Gasteiger partial charge in [0.15, 0.2) is 11.6 Å². The molecule has 2 unspecified atom stereocenters. The molecule has 1 heterocycles. The number of halogens is 2. The Morgan fingerprint density at radius 3 is 2.90 bits per heavy atom. The van der Waals surface area contributed by atoms with Gasteiger partial charge in [-0.2, -0.15) is 0 Å². The summed E-state index contributed by atoms with van der Waals surface area (Å²) in [7, 11) is 0. The highest BCUT2D eigenvalue weighted by atomic mass is 19.2. The van der Waals surface area contributed by atoms with Crippen LogP contribution < -0.4 is 11.3 Å². The summed E-state index contributed by atoms with van der Waals surface area (Å²) < 4.78 is 27.4. The fraction of sp³-hybridized carbons (Fsp3) is 0.267. The Morgan fingerprint density at radius 1 is 1.25 bits per heavy atom. The SMILES string of the molecule is NNC(c1cccc(F)c1F)C1CCc2cccnc21. The minimum absolute atomic E-state index is 0.0486. The molecular formula is C15H15F2N3. The molecule has 1 aromatic heterocycles. The van der Waals surface area contributed by atoms with Crippen LogP contribution in [-0.4, -0.2) is 4.98 Å². The van der Waals surface area contributed by atoms with Gasteiger partial charge < -0.3 is 0 Å². The van der Waals surface area contributed by atoms with E-state index in [1.807, 2.05) is 12.1 Å². The maximum Gasteiger partial charge on any atom is 0.163 e. The number of nitrogens with zero attached hydrogens (tertiary/aromatic N) is 1. The maximum absolute atomic E-state index is 14.0. The van der Waals surface area contributed by atoms with Gasteiger partial charge in [0.1, 0.15) is 0 Å². The molecule has 3 N–H and O–H groups in total. The van der Waals surface area contributed by atoms with Gasteiger partial charge in [-0.15, -0.1) is 0 Å². The Kier molecular flexibility index (Phi) is 3.46. The van der Waals surface area contributed by atoms with Crippen molar-refractivity contribution in [2.24, 2.45) is 5.84 Å². The van der Waals surface area contributed by atoms with E-state index in [2.05, 4.69) is 10.4 Å². The molecule has 0 saturated heterocycles. The van der Waals surface area contributed by atoms with Crippen molar-refractivity contribution in [3.05, 3.63) is 65.0 Å². The molecule has 3 rings (SSSR count). The molecular weight excluding hydrogens is 260 g/mol. The molecule has 104 valence electrons. The van der Waals surface area contributed by atoms with E-state index in [9.17, 15) is 8.78 Å². The summed E-state index contributed by atoms with van der Waals surface area (Å²) in [4.78, 5) is 4.38. The van der Waals surface area contributed by atoms with Gasteiger partial charge in [-0.25, -0.2) is 8.78 Å². The monoisotopic (exact) mass is 275 g/mol. The van der Waals surface area contributed by atoms with Crippen LogP contribution in [0.1, 0.15) is 35.2 Å². The van der Waals surface area contributed by atoms with E-state index in [0.29, 0.717) is 0 Å². The minimum atomic E-state index is -0.859. The third-order valence-electron chi connectivity index (χ3n) is 3.90. The van der Waals surface area contributed by atoms with Crippen LogP contribution in [-0.2, 0) is 6.42 Å². The smallest absolute Gasteiger partial charge is 0.163 e. The summed E-state index contributed by atoms with van der Waals surface area (Å²) in [5, 5.41) is 0. The van der Waals surface area contributed by atoms with Crippen LogP contribution in [0.2, 0.25) is 0 Å². The summed E-state index contributed by atoms with van der Waals surface area (Å²) in [6.45, 7) is 0. The number of benzene rings is 1. The van der Waals surface area contributed by atoms with Crippen LogP contribution >= 0.6 is 0 Å². The lowest BCUT2D eigenvalue weighted by Crippen LogP contribution is -2.33. The zero-order valence-electron chi connectivity index (χ0n) is 10.8. The Labute approximate surface area is 115 Å². The first-order valence-electron chi connectivity index (χ1n) is 6.56. The number of aromatic nitrogens is 1. The Hall–Kier alpha value is -1.85. The average Bonchev–Trinajstić information content (AvgIpc) is 2.88. The molecule has 0 amide bonds. The molecule has 20 heavy (non-hydrogen) atoms. The molecule has 0 aliphatic heterocycles. The molecule has 2 aromatic rings. The van der Waals surface area contributed by atoms with Crippen molar-refractivity contribution >= 4 is 0 Å². The minimum Gasteiger partial charge on any atom is -0.271 e. The summed E-state index contributed by atoms with van der Waals surface area (Å²) in [5.41, 5.74) is 4.93. The third-order valence-corrected chi connectivity index (χ3v) is 3.90. The van der Waals surface area contributed by atoms with Gasteiger partial charge in [-0.3, -0.25) is 16.3 Å². The molecule has 0 spiro atoms. The molecule has 3 nitrogen and oxygen atoms in total. The van der Waals surface area contributed by atoms with Crippen LogP contribution in [0.4, 0.5) is 8.78 Å². The normalized spacial score (nSPS) is 18.9. The van der Waals surface area contributed by atoms with Crippen LogP contribution in [0.5, 0.6) is 0 Å². The Balaban J connectivity index is 2.02. The number of hydrogen-bond donors (Lipinski definition) is 2. The number of pyridine rings is 1. The molecule has 2 atom stereocenters. The fourth-order valence-corrected chi connectivity index (χ4v) is 2.95. The maximum atomic E-state index is 14.0. The lowest BCUT2D eigenvalue weighted by molar-refractivity contribution is 0.414. The van der Waals surface area contributed by atoms with E-state index < -0.39 is 17.7 Å². The van der Waals surface area contributed by atoms with Gasteiger partial charge >= 0.3 is 0 Å². The highest BCUT2D eigenvalue weighted by Crippen LogP contribution is 2.40. The first-order chi connectivity index (χ1) is 9.72. The first-order valence-corrected chi connectivity index (χ1v) is 6.56. The second-order valence-corrected chi connectivity index (χ2v) is 4.98. The van der Waals surface area contributed by atoms with E-state index in [1.54, 1.807) is 12.3 Å². The van der Waals surface area contributed by atoms with Crippen LogP contribution in [0, 0.1) is 11.6 Å². The predicted molar refractivity (Wildman–Crippen MR) is 71.7 cm³/mol. The summed E-state index contributed by atoms with van der Waals surface area (Å²) in [6.07, 6.45) is 3.41. The Morgan fingerprint density at radius 2 is 2.10 bits per heavy atom. The highest BCUT2D eigenvalue weighted by molar-refractivity contribution is 5.34.